The second-order valence-electron chi connectivity index (χ2n) is 7.59. The van der Waals surface area contributed by atoms with Crippen LogP contribution in [0.4, 0.5) is 4.39 Å². The number of hydrogen-bond acceptors (Lipinski definition) is 2. The molecule has 0 fully saturated rings. The third-order valence-corrected chi connectivity index (χ3v) is 4.85. The van der Waals surface area contributed by atoms with Crippen LogP contribution in [0.15, 0.2) is 48.5 Å². The van der Waals surface area contributed by atoms with Crippen molar-refractivity contribution in [3.05, 3.63) is 65.7 Å². The maximum Gasteiger partial charge on any atom is 0.254 e. The second kappa shape index (κ2) is 9.00. The number of fused-ring (bicyclic) bond motifs is 1. The normalized spacial score (nSPS) is 11.3. The molecule has 5 heteroatoms. The standard InChI is InChI=1S/C23H28FN3O/c1-4-13-27-21-15-19(24)10-11-20(21)25-22(27)16-26(14-12-17(2)3)23(28)18-8-6-5-7-9-18/h5-11,15,17H,4,12-14,16H2,1-3H3. The summed E-state index contributed by atoms with van der Waals surface area (Å²) in [7, 11) is 0. The molecule has 2 aromatic carbocycles. The highest BCUT2D eigenvalue weighted by Gasteiger charge is 2.20. The van der Waals surface area contributed by atoms with Crippen molar-refractivity contribution in [2.24, 2.45) is 5.92 Å². The van der Waals surface area contributed by atoms with Gasteiger partial charge in [-0.1, -0.05) is 39.0 Å². The largest absolute Gasteiger partial charge is 0.331 e. The molecule has 3 aromatic rings. The van der Waals surface area contributed by atoms with Crippen LogP contribution in [0.1, 0.15) is 49.8 Å². The molecule has 0 bridgehead atoms. The van der Waals surface area contributed by atoms with Gasteiger partial charge in [-0.2, -0.15) is 0 Å². The average molecular weight is 381 g/mol. The van der Waals surface area contributed by atoms with E-state index in [-0.39, 0.29) is 11.7 Å². The zero-order valence-electron chi connectivity index (χ0n) is 16.9. The summed E-state index contributed by atoms with van der Waals surface area (Å²) in [5.74, 6) is 1.03. The first-order valence-corrected chi connectivity index (χ1v) is 9.98. The summed E-state index contributed by atoms with van der Waals surface area (Å²) in [5.41, 5.74) is 2.23. The van der Waals surface area contributed by atoms with E-state index in [1.807, 2.05) is 39.8 Å². The summed E-state index contributed by atoms with van der Waals surface area (Å²) in [5, 5.41) is 0. The molecule has 0 aliphatic heterocycles. The van der Waals surface area contributed by atoms with Gasteiger partial charge in [-0.05, 0) is 49.1 Å². The number of rotatable bonds is 8. The summed E-state index contributed by atoms with van der Waals surface area (Å²) < 4.78 is 15.8. The van der Waals surface area contributed by atoms with E-state index in [9.17, 15) is 9.18 Å². The van der Waals surface area contributed by atoms with E-state index < -0.39 is 0 Å². The van der Waals surface area contributed by atoms with E-state index in [4.69, 9.17) is 4.98 Å². The summed E-state index contributed by atoms with van der Waals surface area (Å²) in [4.78, 5) is 19.7. The minimum atomic E-state index is -0.270. The number of carbonyl (C=O) groups excluding carboxylic acids is 1. The molecule has 3 rings (SSSR count). The lowest BCUT2D eigenvalue weighted by molar-refractivity contribution is 0.0729. The summed E-state index contributed by atoms with van der Waals surface area (Å²) in [6.45, 7) is 8.21. The minimum Gasteiger partial charge on any atom is -0.331 e. The lowest BCUT2D eigenvalue weighted by Crippen LogP contribution is -2.33. The van der Waals surface area contributed by atoms with Crippen LogP contribution in [0.3, 0.4) is 0 Å². The summed E-state index contributed by atoms with van der Waals surface area (Å²) >= 11 is 0. The maximum absolute atomic E-state index is 13.8. The van der Waals surface area contributed by atoms with E-state index in [0.29, 0.717) is 24.6 Å². The van der Waals surface area contributed by atoms with Crippen molar-refractivity contribution in [3.63, 3.8) is 0 Å². The van der Waals surface area contributed by atoms with Crippen molar-refractivity contribution in [2.45, 2.75) is 46.7 Å². The average Bonchev–Trinajstić information content (AvgIpc) is 3.02. The van der Waals surface area contributed by atoms with Crippen molar-refractivity contribution in [1.82, 2.24) is 14.5 Å². The predicted octanol–water partition coefficient (Wildman–Crippen LogP) is 5.27. The Kier molecular flexibility index (Phi) is 6.45. The summed E-state index contributed by atoms with van der Waals surface area (Å²) in [6.07, 6.45) is 1.83. The van der Waals surface area contributed by atoms with Crippen molar-refractivity contribution in [3.8, 4) is 0 Å². The fourth-order valence-corrected chi connectivity index (χ4v) is 3.34. The molecule has 0 spiro atoms. The molecule has 0 atom stereocenters. The minimum absolute atomic E-state index is 0.00235. The monoisotopic (exact) mass is 381 g/mol. The molecule has 1 aromatic heterocycles. The fourth-order valence-electron chi connectivity index (χ4n) is 3.34. The lowest BCUT2D eigenvalue weighted by Gasteiger charge is -2.24. The number of amides is 1. The Morgan fingerprint density at radius 1 is 1.18 bits per heavy atom. The Balaban J connectivity index is 1.95. The highest BCUT2D eigenvalue weighted by Crippen LogP contribution is 2.21. The molecule has 148 valence electrons. The third-order valence-electron chi connectivity index (χ3n) is 4.85. The van der Waals surface area contributed by atoms with Gasteiger partial charge in [0.05, 0.1) is 17.6 Å². The third kappa shape index (κ3) is 4.58. The predicted molar refractivity (Wildman–Crippen MR) is 111 cm³/mol. The molecular weight excluding hydrogens is 353 g/mol. The van der Waals surface area contributed by atoms with Gasteiger partial charge in [-0.25, -0.2) is 9.37 Å². The van der Waals surface area contributed by atoms with Crippen LogP contribution in [0.5, 0.6) is 0 Å². The zero-order valence-corrected chi connectivity index (χ0v) is 16.9. The van der Waals surface area contributed by atoms with E-state index in [1.165, 1.54) is 12.1 Å². The van der Waals surface area contributed by atoms with Gasteiger partial charge in [0, 0.05) is 18.7 Å². The Labute approximate surface area is 166 Å². The quantitative estimate of drug-likeness (QED) is 0.533. The molecule has 1 heterocycles. The van der Waals surface area contributed by atoms with Gasteiger partial charge in [-0.3, -0.25) is 4.79 Å². The molecule has 0 saturated heterocycles. The van der Waals surface area contributed by atoms with E-state index in [1.54, 1.807) is 6.07 Å². The topological polar surface area (TPSA) is 38.1 Å². The van der Waals surface area contributed by atoms with Gasteiger partial charge < -0.3 is 9.47 Å². The number of carbonyl (C=O) groups is 1. The Hall–Kier alpha value is -2.69. The number of aromatic nitrogens is 2. The van der Waals surface area contributed by atoms with Crippen molar-refractivity contribution < 1.29 is 9.18 Å². The van der Waals surface area contributed by atoms with Gasteiger partial charge in [0.15, 0.2) is 0 Å². The van der Waals surface area contributed by atoms with Gasteiger partial charge in [-0.15, -0.1) is 0 Å². The number of hydrogen-bond donors (Lipinski definition) is 0. The first-order valence-electron chi connectivity index (χ1n) is 9.98. The van der Waals surface area contributed by atoms with Crippen LogP contribution in [0.2, 0.25) is 0 Å². The summed E-state index contributed by atoms with van der Waals surface area (Å²) in [6, 6.07) is 14.0. The number of aryl methyl sites for hydroxylation is 1. The SMILES string of the molecule is CCCn1c(CN(CCC(C)C)C(=O)c2ccccc2)nc2ccc(F)cc21. The molecule has 0 aliphatic carbocycles. The molecule has 4 nitrogen and oxygen atoms in total. The van der Waals surface area contributed by atoms with Crippen molar-refractivity contribution in [2.75, 3.05) is 6.54 Å². The Bertz CT molecular complexity index is 934. The highest BCUT2D eigenvalue weighted by molar-refractivity contribution is 5.94. The van der Waals surface area contributed by atoms with Gasteiger partial charge >= 0.3 is 0 Å². The molecular formula is C23H28FN3O. The molecule has 0 aliphatic rings. The van der Waals surface area contributed by atoms with E-state index in [2.05, 4.69) is 20.8 Å². The first kappa shape index (κ1) is 20.1. The first-order chi connectivity index (χ1) is 13.5. The van der Waals surface area contributed by atoms with Gasteiger partial charge in [0.25, 0.3) is 5.91 Å². The Morgan fingerprint density at radius 2 is 1.93 bits per heavy atom. The molecule has 0 saturated carbocycles. The zero-order chi connectivity index (χ0) is 20.1. The van der Waals surface area contributed by atoms with Crippen molar-refractivity contribution in [1.29, 1.82) is 0 Å². The molecule has 0 N–H and O–H groups in total. The fraction of sp³-hybridized carbons (Fsp3) is 0.391. The van der Waals surface area contributed by atoms with Crippen molar-refractivity contribution >= 4 is 16.9 Å². The molecule has 28 heavy (non-hydrogen) atoms. The maximum atomic E-state index is 13.8. The number of halogens is 1. The van der Waals surface area contributed by atoms with Crippen LogP contribution in [0, 0.1) is 11.7 Å². The number of benzene rings is 2. The molecule has 0 unspecified atom stereocenters. The van der Waals surface area contributed by atoms with Crippen LogP contribution in [-0.2, 0) is 13.1 Å². The second-order valence-corrected chi connectivity index (χ2v) is 7.59. The van der Waals surface area contributed by atoms with Gasteiger partial charge in [0.1, 0.15) is 11.6 Å². The lowest BCUT2D eigenvalue weighted by atomic mass is 10.1. The molecule has 0 radical (unpaired) electrons. The van der Waals surface area contributed by atoms with Crippen LogP contribution < -0.4 is 0 Å². The highest BCUT2D eigenvalue weighted by atomic mass is 19.1. The van der Waals surface area contributed by atoms with E-state index >= 15 is 0 Å². The van der Waals surface area contributed by atoms with Crippen LogP contribution in [0.25, 0.3) is 11.0 Å². The number of nitrogens with zero attached hydrogens (tertiary/aromatic N) is 3. The Morgan fingerprint density at radius 3 is 2.61 bits per heavy atom. The molecule has 1 amide bonds. The van der Waals surface area contributed by atoms with Gasteiger partial charge in [0.2, 0.25) is 0 Å². The smallest absolute Gasteiger partial charge is 0.254 e. The van der Waals surface area contributed by atoms with E-state index in [0.717, 1.165) is 36.2 Å². The van der Waals surface area contributed by atoms with Crippen LogP contribution in [-0.4, -0.2) is 26.9 Å². The van der Waals surface area contributed by atoms with Crippen LogP contribution >= 0.6 is 0 Å². The number of imidazole rings is 1.